The highest BCUT2D eigenvalue weighted by Crippen LogP contribution is 2.48. The summed E-state index contributed by atoms with van der Waals surface area (Å²) < 4.78 is 106. The Balaban J connectivity index is 2.79. The molecular formula is C16H16F8O2. The molecule has 1 aromatic rings. The van der Waals surface area contributed by atoms with Gasteiger partial charge in [-0.05, 0) is 30.5 Å². The molecule has 0 fully saturated rings. The molecule has 0 radical (unpaired) electrons. The lowest BCUT2D eigenvalue weighted by Gasteiger charge is -2.31. The molecule has 0 atom stereocenters. The maximum atomic E-state index is 13.3. The molecule has 2 nitrogen and oxygen atoms in total. The van der Waals surface area contributed by atoms with Crippen molar-refractivity contribution in [3.05, 3.63) is 35.4 Å². The molecule has 0 saturated carbocycles. The summed E-state index contributed by atoms with van der Waals surface area (Å²) >= 11 is 0. The Kier molecular flexibility index (Phi) is 7.01. The Bertz CT molecular complexity index is 599. The van der Waals surface area contributed by atoms with Gasteiger partial charge < -0.3 is 4.74 Å². The van der Waals surface area contributed by atoms with Gasteiger partial charge in [0.25, 0.3) is 0 Å². The van der Waals surface area contributed by atoms with Crippen LogP contribution < -0.4 is 0 Å². The standard InChI is InChI=1S/C16H16F8O2/c1-2-3-4-10-5-7-11(8-6-10)12(25)26-9-14(19,20)16(23,24)15(21,22)13(17)18/h5-8,13H,2-4,9H2,1H3. The van der Waals surface area contributed by atoms with E-state index in [0.29, 0.717) is 6.42 Å². The summed E-state index contributed by atoms with van der Waals surface area (Å²) in [6, 6.07) is 5.36. The van der Waals surface area contributed by atoms with Crippen molar-refractivity contribution in [2.24, 2.45) is 0 Å². The van der Waals surface area contributed by atoms with Crippen LogP contribution in [0, 0.1) is 0 Å². The normalized spacial score (nSPS) is 13.2. The third-order valence-corrected chi connectivity index (χ3v) is 3.55. The van der Waals surface area contributed by atoms with Crippen molar-refractivity contribution < 1.29 is 44.7 Å². The number of benzene rings is 1. The van der Waals surface area contributed by atoms with Crippen molar-refractivity contribution in [3.8, 4) is 0 Å². The van der Waals surface area contributed by atoms with E-state index in [0.717, 1.165) is 18.4 Å². The first-order valence-electron chi connectivity index (χ1n) is 7.54. The van der Waals surface area contributed by atoms with E-state index in [-0.39, 0.29) is 5.56 Å². The largest absolute Gasteiger partial charge is 0.455 e. The van der Waals surface area contributed by atoms with Crippen LogP contribution in [0.15, 0.2) is 24.3 Å². The van der Waals surface area contributed by atoms with Gasteiger partial charge in [-0.3, -0.25) is 0 Å². The molecule has 0 bridgehead atoms. The Morgan fingerprint density at radius 1 is 1.04 bits per heavy atom. The van der Waals surface area contributed by atoms with Crippen LogP contribution in [-0.2, 0) is 11.2 Å². The minimum Gasteiger partial charge on any atom is -0.455 e. The quantitative estimate of drug-likeness (QED) is 0.418. The van der Waals surface area contributed by atoms with Gasteiger partial charge in [0.15, 0.2) is 6.61 Å². The Labute approximate surface area is 144 Å². The molecule has 0 heterocycles. The zero-order valence-electron chi connectivity index (χ0n) is 13.6. The van der Waals surface area contributed by atoms with Crippen molar-refractivity contribution in [2.75, 3.05) is 6.61 Å². The molecular weight excluding hydrogens is 376 g/mol. The van der Waals surface area contributed by atoms with E-state index in [1.54, 1.807) is 0 Å². The summed E-state index contributed by atoms with van der Waals surface area (Å²) in [5.74, 6) is -19.9. The van der Waals surface area contributed by atoms with Crippen LogP contribution in [0.3, 0.4) is 0 Å². The van der Waals surface area contributed by atoms with Crippen molar-refractivity contribution >= 4 is 5.97 Å². The number of hydrogen-bond donors (Lipinski definition) is 0. The number of unbranched alkanes of at least 4 members (excludes halogenated alkanes) is 1. The van der Waals surface area contributed by atoms with Crippen molar-refractivity contribution in [3.63, 3.8) is 0 Å². The average molecular weight is 392 g/mol. The molecule has 0 aromatic heterocycles. The van der Waals surface area contributed by atoms with E-state index in [9.17, 15) is 39.9 Å². The maximum absolute atomic E-state index is 13.3. The van der Waals surface area contributed by atoms with E-state index in [1.165, 1.54) is 24.3 Å². The summed E-state index contributed by atoms with van der Waals surface area (Å²) in [6.07, 6.45) is -2.55. The van der Waals surface area contributed by atoms with Crippen LogP contribution in [0.25, 0.3) is 0 Å². The zero-order valence-corrected chi connectivity index (χ0v) is 13.6. The number of carbonyl (C=O) groups excluding carboxylic acids is 1. The van der Waals surface area contributed by atoms with Gasteiger partial charge in [-0.2, -0.15) is 26.3 Å². The minimum atomic E-state index is -6.40. The van der Waals surface area contributed by atoms with Gasteiger partial charge in [0.2, 0.25) is 0 Å². The third kappa shape index (κ3) is 4.64. The molecule has 1 rings (SSSR count). The summed E-state index contributed by atoms with van der Waals surface area (Å²) in [5.41, 5.74) is 0.557. The third-order valence-electron chi connectivity index (χ3n) is 3.55. The fourth-order valence-electron chi connectivity index (χ4n) is 1.90. The smallest absolute Gasteiger partial charge is 0.381 e. The number of aryl methyl sites for hydroxylation is 1. The fraction of sp³-hybridized carbons (Fsp3) is 0.562. The van der Waals surface area contributed by atoms with Gasteiger partial charge in [0.1, 0.15) is 0 Å². The van der Waals surface area contributed by atoms with E-state index in [4.69, 9.17) is 0 Å². The molecule has 1 aromatic carbocycles. The summed E-state index contributed by atoms with van der Waals surface area (Å²) in [6.45, 7) is -0.516. The van der Waals surface area contributed by atoms with Crippen LogP contribution in [0.1, 0.15) is 35.7 Å². The van der Waals surface area contributed by atoms with E-state index < -0.39 is 36.8 Å². The molecule has 0 spiro atoms. The Hall–Kier alpha value is -1.87. The van der Waals surface area contributed by atoms with E-state index >= 15 is 0 Å². The monoisotopic (exact) mass is 392 g/mol. The van der Waals surface area contributed by atoms with E-state index in [1.807, 2.05) is 6.92 Å². The predicted octanol–water partition coefficient (Wildman–Crippen LogP) is 5.36. The summed E-state index contributed by atoms with van der Waals surface area (Å²) in [5, 5.41) is 0. The van der Waals surface area contributed by atoms with E-state index in [2.05, 4.69) is 4.74 Å². The van der Waals surface area contributed by atoms with Gasteiger partial charge in [0.05, 0.1) is 5.56 Å². The predicted molar refractivity (Wildman–Crippen MR) is 76.2 cm³/mol. The van der Waals surface area contributed by atoms with Gasteiger partial charge in [-0.15, -0.1) is 0 Å². The topological polar surface area (TPSA) is 26.3 Å². The highest BCUT2D eigenvalue weighted by molar-refractivity contribution is 5.89. The molecule has 0 N–H and O–H groups in total. The van der Waals surface area contributed by atoms with Crippen molar-refractivity contribution in [1.82, 2.24) is 0 Å². The number of ether oxygens (including phenoxy) is 1. The van der Waals surface area contributed by atoms with Gasteiger partial charge in [-0.1, -0.05) is 25.5 Å². The molecule has 148 valence electrons. The second-order valence-electron chi connectivity index (χ2n) is 5.58. The molecule has 0 unspecified atom stereocenters. The van der Waals surface area contributed by atoms with Crippen molar-refractivity contribution in [1.29, 1.82) is 0 Å². The molecule has 26 heavy (non-hydrogen) atoms. The first kappa shape index (κ1) is 22.2. The lowest BCUT2D eigenvalue weighted by atomic mass is 10.1. The minimum absolute atomic E-state index is 0.273. The molecule has 0 aliphatic heterocycles. The number of carbonyl (C=O) groups is 1. The molecule has 0 amide bonds. The Morgan fingerprint density at radius 2 is 1.58 bits per heavy atom. The van der Waals surface area contributed by atoms with Gasteiger partial charge >= 0.3 is 30.2 Å². The van der Waals surface area contributed by atoms with Crippen LogP contribution in [-0.4, -0.2) is 36.8 Å². The lowest BCUT2D eigenvalue weighted by molar-refractivity contribution is -0.343. The second-order valence-corrected chi connectivity index (χ2v) is 5.58. The first-order chi connectivity index (χ1) is 11.9. The van der Waals surface area contributed by atoms with Crippen molar-refractivity contribution in [2.45, 2.75) is 50.4 Å². The van der Waals surface area contributed by atoms with Crippen LogP contribution in [0.5, 0.6) is 0 Å². The average Bonchev–Trinajstić information content (AvgIpc) is 2.57. The van der Waals surface area contributed by atoms with Crippen LogP contribution in [0.4, 0.5) is 35.1 Å². The summed E-state index contributed by atoms with van der Waals surface area (Å²) in [4.78, 5) is 11.6. The van der Waals surface area contributed by atoms with Crippen LogP contribution in [0.2, 0.25) is 0 Å². The van der Waals surface area contributed by atoms with Crippen LogP contribution >= 0.6 is 0 Å². The summed E-state index contributed by atoms with van der Waals surface area (Å²) in [7, 11) is 0. The molecule has 0 saturated heterocycles. The SMILES string of the molecule is CCCCc1ccc(C(=O)OCC(F)(F)C(F)(F)C(F)(F)C(F)F)cc1. The number of esters is 1. The highest BCUT2D eigenvalue weighted by atomic mass is 19.4. The first-order valence-corrected chi connectivity index (χ1v) is 7.54. The maximum Gasteiger partial charge on any atom is 0.381 e. The second kappa shape index (κ2) is 8.22. The molecule has 10 heteroatoms. The number of alkyl halides is 8. The number of halogens is 8. The van der Waals surface area contributed by atoms with Gasteiger partial charge in [0, 0.05) is 0 Å². The number of rotatable bonds is 9. The highest BCUT2D eigenvalue weighted by Gasteiger charge is 2.75. The zero-order chi connectivity index (χ0) is 20.2. The Morgan fingerprint density at radius 3 is 2.04 bits per heavy atom. The fourth-order valence-corrected chi connectivity index (χ4v) is 1.90. The van der Waals surface area contributed by atoms with Gasteiger partial charge in [-0.25, -0.2) is 13.6 Å². The molecule has 0 aliphatic rings. The number of hydrogen-bond acceptors (Lipinski definition) is 2. The molecule has 0 aliphatic carbocycles. The lowest BCUT2D eigenvalue weighted by Crippen LogP contribution is -2.59.